The van der Waals surface area contributed by atoms with E-state index in [9.17, 15) is 9.59 Å². The Bertz CT molecular complexity index is 455. The largest absolute Gasteiger partial charge is 0.481 e. The second-order valence-corrected chi connectivity index (χ2v) is 5.40. The molecule has 1 rings (SSSR count). The van der Waals surface area contributed by atoms with Crippen LogP contribution in [-0.4, -0.2) is 23.1 Å². The molecule has 0 aliphatic rings. The SMILES string of the molecule is CC(C)CC(C)NC(=O)Nc1ccc(CC(=O)O)cc1. The Kier molecular flexibility index (Phi) is 6.03. The number of carbonyl (C=O) groups is 2. The van der Waals surface area contributed by atoms with E-state index >= 15 is 0 Å². The van der Waals surface area contributed by atoms with E-state index in [0.29, 0.717) is 17.2 Å². The summed E-state index contributed by atoms with van der Waals surface area (Å²) in [6.07, 6.45) is 0.906. The maximum atomic E-state index is 11.8. The van der Waals surface area contributed by atoms with E-state index in [1.165, 1.54) is 0 Å². The zero-order valence-electron chi connectivity index (χ0n) is 12.1. The van der Waals surface area contributed by atoms with Crippen LogP contribution in [0.3, 0.4) is 0 Å². The van der Waals surface area contributed by atoms with Crippen molar-refractivity contribution in [3.05, 3.63) is 29.8 Å². The van der Waals surface area contributed by atoms with E-state index in [0.717, 1.165) is 6.42 Å². The lowest BCUT2D eigenvalue weighted by Crippen LogP contribution is -2.36. The number of carbonyl (C=O) groups excluding carboxylic acids is 1. The van der Waals surface area contributed by atoms with Crippen LogP contribution in [0.25, 0.3) is 0 Å². The fourth-order valence-corrected chi connectivity index (χ4v) is 2.04. The molecule has 2 amide bonds. The first-order valence-electron chi connectivity index (χ1n) is 6.75. The summed E-state index contributed by atoms with van der Waals surface area (Å²) in [5.41, 5.74) is 1.35. The van der Waals surface area contributed by atoms with Crippen molar-refractivity contribution < 1.29 is 14.7 Å². The molecule has 0 radical (unpaired) electrons. The molecule has 1 aromatic rings. The first-order valence-corrected chi connectivity index (χ1v) is 6.75. The second-order valence-electron chi connectivity index (χ2n) is 5.40. The van der Waals surface area contributed by atoms with Crippen molar-refractivity contribution in [2.24, 2.45) is 5.92 Å². The molecule has 1 aromatic carbocycles. The number of carboxylic acids is 1. The van der Waals surface area contributed by atoms with Gasteiger partial charge in [0, 0.05) is 11.7 Å². The molecule has 0 saturated heterocycles. The van der Waals surface area contributed by atoms with E-state index in [4.69, 9.17) is 5.11 Å². The first-order chi connectivity index (χ1) is 9.36. The Morgan fingerprint density at radius 1 is 1.15 bits per heavy atom. The minimum absolute atomic E-state index is 0.0160. The van der Waals surface area contributed by atoms with E-state index in [-0.39, 0.29) is 18.5 Å². The molecule has 1 atom stereocenters. The number of hydrogen-bond donors (Lipinski definition) is 3. The Balaban J connectivity index is 2.47. The molecule has 0 heterocycles. The summed E-state index contributed by atoms with van der Waals surface area (Å²) in [5, 5.41) is 14.3. The number of aliphatic carboxylic acids is 1. The van der Waals surface area contributed by atoms with Crippen molar-refractivity contribution in [2.75, 3.05) is 5.32 Å². The predicted molar refractivity (Wildman–Crippen MR) is 78.9 cm³/mol. The van der Waals surface area contributed by atoms with Crippen LogP contribution in [0.5, 0.6) is 0 Å². The van der Waals surface area contributed by atoms with Gasteiger partial charge in [0.2, 0.25) is 0 Å². The van der Waals surface area contributed by atoms with Crippen LogP contribution < -0.4 is 10.6 Å². The number of benzene rings is 1. The summed E-state index contributed by atoms with van der Waals surface area (Å²) >= 11 is 0. The van der Waals surface area contributed by atoms with E-state index < -0.39 is 5.97 Å². The molecule has 0 aliphatic heterocycles. The van der Waals surface area contributed by atoms with Crippen molar-refractivity contribution >= 4 is 17.7 Å². The van der Waals surface area contributed by atoms with Crippen LogP contribution in [-0.2, 0) is 11.2 Å². The molecule has 110 valence electrons. The van der Waals surface area contributed by atoms with Crippen LogP contribution >= 0.6 is 0 Å². The minimum Gasteiger partial charge on any atom is -0.481 e. The van der Waals surface area contributed by atoms with Crippen molar-refractivity contribution in [1.29, 1.82) is 0 Å². The lowest BCUT2D eigenvalue weighted by molar-refractivity contribution is -0.136. The molecule has 0 bridgehead atoms. The smallest absolute Gasteiger partial charge is 0.319 e. The number of urea groups is 1. The zero-order valence-corrected chi connectivity index (χ0v) is 12.1. The van der Waals surface area contributed by atoms with Gasteiger partial charge in [0.1, 0.15) is 0 Å². The average molecular weight is 278 g/mol. The van der Waals surface area contributed by atoms with Gasteiger partial charge < -0.3 is 15.7 Å². The maximum absolute atomic E-state index is 11.8. The average Bonchev–Trinajstić information content (AvgIpc) is 2.29. The molecule has 0 fully saturated rings. The van der Waals surface area contributed by atoms with E-state index in [2.05, 4.69) is 24.5 Å². The van der Waals surface area contributed by atoms with Crippen molar-refractivity contribution in [1.82, 2.24) is 5.32 Å². The summed E-state index contributed by atoms with van der Waals surface area (Å²) in [6.45, 7) is 6.18. The third kappa shape index (κ3) is 6.22. The maximum Gasteiger partial charge on any atom is 0.319 e. The number of anilines is 1. The number of hydrogen-bond acceptors (Lipinski definition) is 2. The van der Waals surface area contributed by atoms with Gasteiger partial charge in [0.25, 0.3) is 0 Å². The molecular weight excluding hydrogens is 256 g/mol. The third-order valence-corrected chi connectivity index (χ3v) is 2.77. The monoisotopic (exact) mass is 278 g/mol. The molecule has 5 nitrogen and oxygen atoms in total. The van der Waals surface area contributed by atoms with Gasteiger partial charge in [-0.3, -0.25) is 4.79 Å². The van der Waals surface area contributed by atoms with Crippen LogP contribution in [0.4, 0.5) is 10.5 Å². The second kappa shape index (κ2) is 7.53. The molecule has 0 spiro atoms. The van der Waals surface area contributed by atoms with Gasteiger partial charge in [-0.05, 0) is 37.0 Å². The molecule has 1 unspecified atom stereocenters. The van der Waals surface area contributed by atoms with Gasteiger partial charge in [0.15, 0.2) is 0 Å². The molecular formula is C15H22N2O3. The number of rotatable bonds is 6. The van der Waals surface area contributed by atoms with Gasteiger partial charge in [-0.15, -0.1) is 0 Å². The summed E-state index contributed by atoms with van der Waals surface area (Å²) in [5.74, 6) is -0.341. The molecule has 3 N–H and O–H groups in total. The third-order valence-electron chi connectivity index (χ3n) is 2.77. The minimum atomic E-state index is -0.869. The van der Waals surface area contributed by atoms with E-state index in [1.807, 2.05) is 6.92 Å². The van der Waals surface area contributed by atoms with Crippen LogP contribution in [0.2, 0.25) is 0 Å². The van der Waals surface area contributed by atoms with Gasteiger partial charge in [-0.1, -0.05) is 26.0 Å². The van der Waals surface area contributed by atoms with Crippen molar-refractivity contribution in [3.8, 4) is 0 Å². The number of carboxylic acid groups (broad SMARTS) is 1. The standard InChI is InChI=1S/C15H22N2O3/c1-10(2)8-11(3)16-15(20)17-13-6-4-12(5-7-13)9-14(18)19/h4-7,10-11H,8-9H2,1-3H3,(H,18,19)(H2,16,17,20). The summed E-state index contributed by atoms with van der Waals surface area (Å²) in [4.78, 5) is 22.3. The molecule has 5 heteroatoms. The molecule has 0 aliphatic carbocycles. The van der Waals surface area contributed by atoms with Crippen molar-refractivity contribution in [3.63, 3.8) is 0 Å². The Morgan fingerprint density at radius 2 is 1.75 bits per heavy atom. The molecule has 20 heavy (non-hydrogen) atoms. The van der Waals surface area contributed by atoms with Crippen LogP contribution in [0.15, 0.2) is 24.3 Å². The highest BCUT2D eigenvalue weighted by atomic mass is 16.4. The van der Waals surface area contributed by atoms with E-state index in [1.54, 1.807) is 24.3 Å². The van der Waals surface area contributed by atoms with Crippen LogP contribution in [0, 0.1) is 5.92 Å². The quantitative estimate of drug-likeness (QED) is 0.748. The van der Waals surface area contributed by atoms with Crippen molar-refractivity contribution in [2.45, 2.75) is 39.7 Å². The van der Waals surface area contributed by atoms with Gasteiger partial charge in [0.05, 0.1) is 6.42 Å². The lowest BCUT2D eigenvalue weighted by atomic mass is 10.1. The topological polar surface area (TPSA) is 78.4 Å². The highest BCUT2D eigenvalue weighted by Gasteiger charge is 2.09. The Labute approximate surface area is 119 Å². The highest BCUT2D eigenvalue weighted by molar-refractivity contribution is 5.89. The first kappa shape index (κ1) is 16.0. The van der Waals surface area contributed by atoms with Gasteiger partial charge in [-0.2, -0.15) is 0 Å². The predicted octanol–water partition coefficient (Wildman–Crippen LogP) is 2.87. The van der Waals surface area contributed by atoms with Gasteiger partial charge >= 0.3 is 12.0 Å². The normalized spacial score (nSPS) is 12.0. The lowest BCUT2D eigenvalue weighted by Gasteiger charge is -2.16. The fourth-order valence-electron chi connectivity index (χ4n) is 2.04. The summed E-state index contributed by atoms with van der Waals surface area (Å²) < 4.78 is 0. The molecule has 0 aromatic heterocycles. The highest BCUT2D eigenvalue weighted by Crippen LogP contribution is 2.10. The van der Waals surface area contributed by atoms with Gasteiger partial charge in [-0.25, -0.2) is 4.79 Å². The fraction of sp³-hybridized carbons (Fsp3) is 0.467. The Hall–Kier alpha value is -2.04. The number of amides is 2. The summed E-state index contributed by atoms with van der Waals surface area (Å²) in [7, 11) is 0. The Morgan fingerprint density at radius 3 is 2.25 bits per heavy atom. The molecule has 0 saturated carbocycles. The number of nitrogens with one attached hydrogen (secondary N) is 2. The van der Waals surface area contributed by atoms with Crippen LogP contribution in [0.1, 0.15) is 32.8 Å². The summed E-state index contributed by atoms with van der Waals surface area (Å²) in [6, 6.07) is 6.66. The zero-order chi connectivity index (χ0) is 15.1.